The summed E-state index contributed by atoms with van der Waals surface area (Å²) in [6.45, 7) is 0. The number of aliphatic imine (C=N–C) groups is 2. The number of thioether (sulfide) groups is 1. The predicted octanol–water partition coefficient (Wildman–Crippen LogP) is 1.79. The summed E-state index contributed by atoms with van der Waals surface area (Å²) >= 11 is 1.14. The van der Waals surface area contributed by atoms with Crippen LogP contribution in [0.4, 0.5) is 17.3 Å². The summed E-state index contributed by atoms with van der Waals surface area (Å²) in [6, 6.07) is 17.0. The number of anilines is 2. The first-order chi connectivity index (χ1) is 16.8. The number of amidine groups is 1. The highest BCUT2D eigenvalue weighted by Crippen LogP contribution is 2.29. The van der Waals surface area contributed by atoms with Crippen molar-refractivity contribution in [3.8, 4) is 0 Å². The summed E-state index contributed by atoms with van der Waals surface area (Å²) < 4.78 is 5.05. The number of hydrogen-bond donors (Lipinski definition) is 0. The van der Waals surface area contributed by atoms with Gasteiger partial charge in [-0.15, -0.1) is 0 Å². The second-order valence-electron chi connectivity index (χ2n) is 7.99. The highest BCUT2D eigenvalue weighted by atomic mass is 32.2. The standard InChI is InChI=1S/C24H25N7O3S/c1-28(2)18-12-10-17(11-13-18)14-20-23(33)31(19-8-6-5-7-9-19)24(25-20)35-16-21(32)26-22-15-30(27-34-22)29(3)4/h5-15H,16H2,1-4H3/b20-14+. The minimum absolute atomic E-state index is 0.0249. The summed E-state index contributed by atoms with van der Waals surface area (Å²) in [5, 5.41) is 18.3. The third-order valence-electron chi connectivity index (χ3n) is 4.97. The van der Waals surface area contributed by atoms with E-state index in [1.54, 1.807) is 25.2 Å². The fraction of sp³-hybridized carbons (Fsp3) is 0.208. The van der Waals surface area contributed by atoms with Crippen molar-refractivity contribution in [1.29, 1.82) is 0 Å². The molecule has 0 saturated heterocycles. The molecule has 0 radical (unpaired) electrons. The van der Waals surface area contributed by atoms with Gasteiger partial charge in [-0.2, -0.15) is 5.01 Å². The Bertz CT molecular complexity index is 1280. The van der Waals surface area contributed by atoms with Gasteiger partial charge in [-0.25, -0.2) is 9.98 Å². The fourth-order valence-electron chi connectivity index (χ4n) is 3.17. The van der Waals surface area contributed by atoms with Crippen LogP contribution in [0, 0.1) is 0 Å². The molecule has 0 spiro atoms. The molecule has 3 aromatic rings. The highest BCUT2D eigenvalue weighted by Gasteiger charge is 2.31. The summed E-state index contributed by atoms with van der Waals surface area (Å²) in [5.41, 5.74) is 2.87. The molecule has 1 amide bonds. The van der Waals surface area contributed by atoms with Crippen LogP contribution in [-0.2, 0) is 4.79 Å². The van der Waals surface area contributed by atoms with E-state index < -0.39 is 5.90 Å². The lowest BCUT2D eigenvalue weighted by atomic mass is 10.1. The van der Waals surface area contributed by atoms with E-state index in [-0.39, 0.29) is 17.5 Å². The van der Waals surface area contributed by atoms with Crippen molar-refractivity contribution in [1.82, 2.24) is 5.27 Å². The van der Waals surface area contributed by atoms with Crippen LogP contribution in [0.1, 0.15) is 5.56 Å². The Morgan fingerprint density at radius 3 is 2.49 bits per heavy atom. The van der Waals surface area contributed by atoms with E-state index in [9.17, 15) is 9.90 Å². The number of carbonyl (C=O) groups excluding carboxylic acids is 1. The molecule has 2 heterocycles. The molecule has 180 valence electrons. The van der Waals surface area contributed by atoms with Crippen LogP contribution in [0.5, 0.6) is 0 Å². The molecule has 0 aliphatic carbocycles. The number of para-hydroxylation sites is 1. The van der Waals surface area contributed by atoms with Gasteiger partial charge in [-0.3, -0.25) is 14.2 Å². The normalized spacial score (nSPS) is 15.0. The number of nitrogens with zero attached hydrogens (tertiary/aromatic N) is 7. The van der Waals surface area contributed by atoms with Crippen molar-refractivity contribution < 1.29 is 19.2 Å². The minimum atomic E-state index is -0.433. The van der Waals surface area contributed by atoms with Crippen LogP contribution in [0.25, 0.3) is 6.08 Å². The number of amides is 1. The zero-order valence-electron chi connectivity index (χ0n) is 19.8. The monoisotopic (exact) mass is 491 g/mol. The summed E-state index contributed by atoms with van der Waals surface area (Å²) in [4.78, 5) is 26.7. The van der Waals surface area contributed by atoms with Gasteiger partial charge in [0.1, 0.15) is 5.70 Å². The molecule has 1 aliphatic rings. The van der Waals surface area contributed by atoms with Crippen molar-refractivity contribution in [2.75, 3.05) is 48.8 Å². The van der Waals surface area contributed by atoms with E-state index in [4.69, 9.17) is 4.52 Å². The summed E-state index contributed by atoms with van der Waals surface area (Å²) in [5.74, 6) is -0.627. The second-order valence-corrected chi connectivity index (χ2v) is 8.93. The number of aromatic nitrogens is 2. The average molecular weight is 492 g/mol. The van der Waals surface area contributed by atoms with Gasteiger partial charge in [0, 0.05) is 25.5 Å². The third-order valence-corrected chi connectivity index (χ3v) is 5.89. The Morgan fingerprint density at radius 2 is 1.86 bits per heavy atom. The lowest BCUT2D eigenvalue weighted by Crippen LogP contribution is -2.53. The van der Waals surface area contributed by atoms with Crippen molar-refractivity contribution in [2.45, 2.75) is 0 Å². The van der Waals surface area contributed by atoms with Gasteiger partial charge in [0.2, 0.25) is 5.27 Å². The molecular formula is C24H25N7O3S. The van der Waals surface area contributed by atoms with Crippen molar-refractivity contribution >= 4 is 52.1 Å². The minimum Gasteiger partial charge on any atom is -0.861 e. The Hall–Kier alpha value is -4.12. The summed E-state index contributed by atoms with van der Waals surface area (Å²) in [6.07, 6.45) is 3.24. The number of carbonyl (C=O) groups is 1. The molecule has 2 aromatic carbocycles. The first-order valence-corrected chi connectivity index (χ1v) is 11.7. The molecule has 0 saturated carbocycles. The van der Waals surface area contributed by atoms with Crippen molar-refractivity contribution in [3.63, 3.8) is 0 Å². The van der Waals surface area contributed by atoms with Gasteiger partial charge in [-0.05, 0) is 41.8 Å². The van der Waals surface area contributed by atoms with Crippen LogP contribution < -0.4 is 24.7 Å². The van der Waals surface area contributed by atoms with Crippen LogP contribution in [0.3, 0.4) is 0 Å². The molecule has 4 rings (SSSR count). The lowest BCUT2D eigenvalue weighted by Gasteiger charge is -2.18. The van der Waals surface area contributed by atoms with Gasteiger partial charge in [-0.1, -0.05) is 42.1 Å². The molecule has 11 heteroatoms. The Balaban J connectivity index is 1.57. The van der Waals surface area contributed by atoms with Gasteiger partial charge in [0.05, 0.1) is 24.6 Å². The van der Waals surface area contributed by atoms with E-state index in [0.29, 0.717) is 16.6 Å². The molecule has 10 nitrogen and oxygen atoms in total. The first-order valence-electron chi connectivity index (χ1n) is 10.7. The van der Waals surface area contributed by atoms with Gasteiger partial charge in [0.15, 0.2) is 5.17 Å². The quantitative estimate of drug-likeness (QED) is 0.215. The molecule has 0 bridgehead atoms. The van der Waals surface area contributed by atoms with Gasteiger partial charge >= 0.3 is 5.88 Å². The van der Waals surface area contributed by atoms with Gasteiger partial charge < -0.3 is 10.0 Å². The van der Waals surface area contributed by atoms with Crippen LogP contribution >= 0.6 is 11.8 Å². The zero-order chi connectivity index (χ0) is 24.9. The molecular weight excluding hydrogens is 466 g/mol. The van der Waals surface area contributed by atoms with E-state index in [0.717, 1.165) is 23.0 Å². The largest absolute Gasteiger partial charge is 0.861 e. The van der Waals surface area contributed by atoms with E-state index >= 15 is 0 Å². The third kappa shape index (κ3) is 5.69. The number of hydrogen-bond acceptors (Lipinski definition) is 9. The molecule has 1 aromatic heterocycles. The first kappa shape index (κ1) is 24.0. The maximum Gasteiger partial charge on any atom is 0.324 e. The lowest BCUT2D eigenvalue weighted by molar-refractivity contribution is -0.753. The van der Waals surface area contributed by atoms with Crippen LogP contribution in [0.15, 0.2) is 81.0 Å². The second kappa shape index (κ2) is 10.4. The average Bonchev–Trinajstić information content (AvgIpc) is 3.43. The maximum atomic E-state index is 13.3. The molecule has 0 fully saturated rings. The predicted molar refractivity (Wildman–Crippen MR) is 136 cm³/mol. The van der Waals surface area contributed by atoms with Gasteiger partial charge in [0.25, 0.3) is 12.1 Å². The zero-order valence-corrected chi connectivity index (χ0v) is 20.6. The Labute approximate surface area is 207 Å². The topological polar surface area (TPSA) is 104 Å². The molecule has 1 aliphatic heterocycles. The van der Waals surface area contributed by atoms with Crippen LogP contribution in [-0.4, -0.2) is 56.2 Å². The SMILES string of the molecule is CN(C)c1ccc(/C=C2/N=C(SC/C([O-])=N\c3c[n+](N(C)C)no3)N(c3ccccc3)C2=O)cc1. The van der Waals surface area contributed by atoms with E-state index in [2.05, 4.69) is 15.3 Å². The smallest absolute Gasteiger partial charge is 0.324 e. The maximum absolute atomic E-state index is 13.3. The van der Waals surface area contributed by atoms with Crippen molar-refractivity contribution in [2.24, 2.45) is 9.98 Å². The molecule has 0 atom stereocenters. The Kier molecular flexibility index (Phi) is 7.16. The van der Waals surface area contributed by atoms with Crippen LogP contribution in [0.2, 0.25) is 0 Å². The Morgan fingerprint density at radius 1 is 1.14 bits per heavy atom. The number of rotatable bonds is 7. The van der Waals surface area contributed by atoms with Crippen molar-refractivity contribution in [3.05, 3.63) is 72.1 Å². The number of benzene rings is 2. The fourth-order valence-corrected chi connectivity index (χ4v) is 3.97. The molecule has 35 heavy (non-hydrogen) atoms. The van der Waals surface area contributed by atoms with E-state index in [1.807, 2.05) is 73.6 Å². The molecule has 0 N–H and O–H groups in total. The molecule has 0 unspecified atom stereocenters. The van der Waals surface area contributed by atoms with E-state index in [1.165, 1.54) is 15.9 Å². The highest BCUT2D eigenvalue weighted by molar-refractivity contribution is 8.14. The summed E-state index contributed by atoms with van der Waals surface area (Å²) in [7, 11) is 7.49.